The van der Waals surface area contributed by atoms with E-state index in [-0.39, 0.29) is 40.6 Å². The molecule has 7 heteroatoms. The van der Waals surface area contributed by atoms with Crippen LogP contribution in [0.25, 0.3) is 0 Å². The first-order valence-electron chi connectivity index (χ1n) is 14.4. The zero-order valence-electron chi connectivity index (χ0n) is 24.6. The van der Waals surface area contributed by atoms with Crippen molar-refractivity contribution in [3.05, 3.63) is 64.8 Å². The molecule has 1 spiro atoms. The zero-order valence-corrected chi connectivity index (χ0v) is 24.6. The number of nitrogens with one attached hydrogen (secondary N) is 1. The van der Waals surface area contributed by atoms with Crippen LogP contribution in [0.3, 0.4) is 0 Å². The minimum absolute atomic E-state index is 0.0822. The van der Waals surface area contributed by atoms with E-state index in [2.05, 4.69) is 32.7 Å². The maximum atomic E-state index is 13.9. The molecule has 4 aliphatic rings. The molecule has 40 heavy (non-hydrogen) atoms. The number of ether oxygens (including phenoxy) is 1. The minimum atomic E-state index is -1.97. The topological polar surface area (TPSA) is 116 Å². The Labute approximate surface area is 237 Å². The van der Waals surface area contributed by atoms with E-state index in [0.29, 0.717) is 28.3 Å². The van der Waals surface area contributed by atoms with E-state index in [1.165, 1.54) is 0 Å². The fourth-order valence-corrected chi connectivity index (χ4v) is 8.31. The van der Waals surface area contributed by atoms with Gasteiger partial charge in [0.05, 0.1) is 17.9 Å². The Morgan fingerprint density at radius 2 is 1.90 bits per heavy atom. The fraction of sp³-hybridized carbons (Fsp3) is 0.576. The van der Waals surface area contributed by atoms with Gasteiger partial charge in [0, 0.05) is 17.3 Å². The maximum absolute atomic E-state index is 13.9. The molecule has 0 radical (unpaired) electrons. The van der Waals surface area contributed by atoms with Gasteiger partial charge in [0.25, 0.3) is 0 Å². The Kier molecular flexibility index (Phi) is 6.76. The molecule has 5 rings (SSSR count). The molecule has 4 N–H and O–H groups in total. The zero-order chi connectivity index (χ0) is 29.5. The van der Waals surface area contributed by atoms with Gasteiger partial charge in [-0.2, -0.15) is 0 Å². The Balaban J connectivity index is 1.59. The van der Waals surface area contributed by atoms with Crippen molar-refractivity contribution in [3.8, 4) is 0 Å². The van der Waals surface area contributed by atoms with Crippen molar-refractivity contribution in [2.45, 2.75) is 72.7 Å². The maximum Gasteiger partial charge on any atom is 0.341 e. The Bertz CT molecular complexity index is 1340. The number of carbonyl (C=O) groups is 2. The molecule has 5 unspecified atom stereocenters. The van der Waals surface area contributed by atoms with E-state index in [1.807, 2.05) is 12.2 Å². The van der Waals surface area contributed by atoms with Crippen molar-refractivity contribution in [1.82, 2.24) is 0 Å². The number of anilines is 1. The van der Waals surface area contributed by atoms with Crippen LogP contribution in [0.1, 0.15) is 63.9 Å². The summed E-state index contributed by atoms with van der Waals surface area (Å²) in [5.41, 5.74) is -0.0880. The summed E-state index contributed by atoms with van der Waals surface area (Å²) in [7, 11) is 0. The lowest BCUT2D eigenvalue weighted by Gasteiger charge is -2.51. The number of hydrogen-bond donors (Lipinski definition) is 4. The van der Waals surface area contributed by atoms with Gasteiger partial charge in [-0.05, 0) is 66.2 Å². The number of benzene rings is 1. The highest BCUT2D eigenvalue weighted by molar-refractivity contribution is 6.03. The van der Waals surface area contributed by atoms with Crippen LogP contribution in [0.15, 0.2) is 53.6 Å². The van der Waals surface area contributed by atoms with E-state index in [1.54, 1.807) is 45.9 Å². The lowest BCUT2D eigenvalue weighted by atomic mass is 9.57. The van der Waals surface area contributed by atoms with Crippen LogP contribution in [-0.2, 0) is 9.53 Å². The van der Waals surface area contributed by atoms with Gasteiger partial charge < -0.3 is 25.4 Å². The molecule has 216 valence electrons. The Morgan fingerprint density at radius 3 is 2.52 bits per heavy atom. The number of rotatable bonds is 5. The second-order valence-corrected chi connectivity index (χ2v) is 13.5. The van der Waals surface area contributed by atoms with Crippen LogP contribution >= 0.6 is 0 Å². The van der Waals surface area contributed by atoms with Gasteiger partial charge in [0.15, 0.2) is 6.10 Å². The number of hydrogen-bond acceptors (Lipinski definition) is 6. The predicted molar refractivity (Wildman–Crippen MR) is 153 cm³/mol. The predicted octanol–water partition coefficient (Wildman–Crippen LogP) is 4.57. The monoisotopic (exact) mass is 549 g/mol. The Morgan fingerprint density at radius 1 is 1.23 bits per heavy atom. The van der Waals surface area contributed by atoms with Gasteiger partial charge in [0.1, 0.15) is 11.7 Å². The third-order valence-corrected chi connectivity index (χ3v) is 10.6. The molecule has 0 heterocycles. The fourth-order valence-electron chi connectivity index (χ4n) is 8.31. The summed E-state index contributed by atoms with van der Waals surface area (Å²) < 4.78 is 6.15. The summed E-state index contributed by atoms with van der Waals surface area (Å²) in [4.78, 5) is 26.4. The molecular weight excluding hydrogens is 506 g/mol. The molecular formula is C33H43NO6. The van der Waals surface area contributed by atoms with Gasteiger partial charge in [-0.15, -0.1) is 0 Å². The van der Waals surface area contributed by atoms with Crippen molar-refractivity contribution < 1.29 is 29.6 Å². The minimum Gasteiger partial charge on any atom is -0.451 e. The molecule has 0 aromatic heterocycles. The molecule has 1 aromatic carbocycles. The van der Waals surface area contributed by atoms with Gasteiger partial charge >= 0.3 is 5.97 Å². The van der Waals surface area contributed by atoms with E-state index in [9.17, 15) is 24.9 Å². The average Bonchev–Trinajstić information content (AvgIpc) is 3.37. The molecule has 2 bridgehead atoms. The van der Waals surface area contributed by atoms with Crippen LogP contribution in [-0.4, -0.2) is 51.6 Å². The van der Waals surface area contributed by atoms with Crippen LogP contribution < -0.4 is 5.32 Å². The largest absolute Gasteiger partial charge is 0.451 e. The molecule has 7 nitrogen and oxygen atoms in total. The number of aliphatic hydroxyl groups is 3. The van der Waals surface area contributed by atoms with Crippen LogP contribution in [0.5, 0.6) is 0 Å². The lowest BCUT2D eigenvalue weighted by Crippen LogP contribution is -2.63. The number of esters is 1. The number of aryl methyl sites for hydroxylation is 1. The standard InChI is InChI=1S/C33H43NO6/c1-16(2)29(37)34-24-11-9-10-17(3)25(24)30(38)40-28-18(4)14-32-19(5)12-23-26(31(23,7)8)22(20(32)6)13-21(15-35)27(36)33(28,32)39/h9-11,13-14,16,19,22-23,26-28,35-36,39H,6,12,15H2,1-5,7-8H3,(H,34,37)/t19-,22?,23-,26+,27?,28?,32?,33?/m1/s1. The van der Waals surface area contributed by atoms with Crippen LogP contribution in [0.4, 0.5) is 5.69 Å². The second kappa shape index (κ2) is 9.40. The van der Waals surface area contributed by atoms with Gasteiger partial charge in [-0.1, -0.05) is 71.1 Å². The van der Waals surface area contributed by atoms with E-state index in [4.69, 9.17) is 4.74 Å². The summed E-state index contributed by atoms with van der Waals surface area (Å²) in [5, 5.41) is 37.8. The first-order chi connectivity index (χ1) is 18.6. The van der Waals surface area contributed by atoms with E-state index >= 15 is 0 Å². The summed E-state index contributed by atoms with van der Waals surface area (Å²) >= 11 is 0. The summed E-state index contributed by atoms with van der Waals surface area (Å²) in [5.74, 6) is -0.782. The number of aliphatic hydroxyl groups excluding tert-OH is 2. The van der Waals surface area contributed by atoms with Gasteiger partial charge in [-0.3, -0.25) is 4.79 Å². The number of amides is 1. The smallest absolute Gasteiger partial charge is 0.341 e. The number of carbonyl (C=O) groups excluding carboxylic acids is 2. The molecule has 1 aromatic rings. The molecule has 4 aliphatic carbocycles. The lowest BCUT2D eigenvalue weighted by molar-refractivity contribution is -0.174. The van der Waals surface area contributed by atoms with Crippen molar-refractivity contribution >= 4 is 17.6 Å². The summed E-state index contributed by atoms with van der Waals surface area (Å²) in [6, 6.07) is 5.16. The first kappa shape index (κ1) is 28.8. The number of allylic oxidation sites excluding steroid dienone is 1. The van der Waals surface area contributed by atoms with E-state index in [0.717, 1.165) is 12.0 Å². The third kappa shape index (κ3) is 3.74. The highest BCUT2D eigenvalue weighted by Gasteiger charge is 2.74. The van der Waals surface area contributed by atoms with Crippen molar-refractivity contribution in [1.29, 1.82) is 0 Å². The normalized spacial score (nSPS) is 37.4. The van der Waals surface area contributed by atoms with Crippen LogP contribution in [0, 0.1) is 47.3 Å². The molecule has 0 saturated heterocycles. The number of fused-ring (bicyclic) bond motifs is 3. The van der Waals surface area contributed by atoms with E-state index < -0.39 is 35.8 Å². The molecule has 0 aliphatic heterocycles. The molecule has 2 fully saturated rings. The average molecular weight is 550 g/mol. The van der Waals surface area contributed by atoms with Gasteiger partial charge in [0.2, 0.25) is 5.91 Å². The molecule has 1 amide bonds. The quantitative estimate of drug-likeness (QED) is 0.316. The van der Waals surface area contributed by atoms with Crippen LogP contribution in [0.2, 0.25) is 0 Å². The summed E-state index contributed by atoms with van der Waals surface area (Å²) in [6.07, 6.45) is 2.01. The summed E-state index contributed by atoms with van der Waals surface area (Å²) in [6.45, 7) is 17.8. The first-order valence-corrected chi connectivity index (χ1v) is 14.4. The Hall–Kier alpha value is -2.74. The van der Waals surface area contributed by atoms with Crippen molar-refractivity contribution in [3.63, 3.8) is 0 Å². The highest BCUT2D eigenvalue weighted by Crippen LogP contribution is 2.74. The third-order valence-electron chi connectivity index (χ3n) is 10.6. The molecule has 2 saturated carbocycles. The SMILES string of the molecule is C=C1C2C=C(CO)C(O)C3(O)C(OC(=O)c4c(C)cccc4NC(=O)C(C)C)C(C)=CC13[C@H](C)C[C@@H]1[C@H]2C1(C)C. The molecule has 8 atom stereocenters. The van der Waals surface area contributed by atoms with Gasteiger partial charge in [-0.25, -0.2) is 4.79 Å². The van der Waals surface area contributed by atoms with Crippen molar-refractivity contribution in [2.75, 3.05) is 11.9 Å². The van der Waals surface area contributed by atoms with Crippen molar-refractivity contribution in [2.24, 2.45) is 40.4 Å². The highest BCUT2D eigenvalue weighted by atomic mass is 16.6. The second-order valence-electron chi connectivity index (χ2n) is 13.5.